The molecule has 0 fully saturated rings. The number of alkyl halides is 2. The van der Waals surface area contributed by atoms with Crippen LogP contribution in [0.15, 0.2) is 28.1 Å². The fourth-order valence-electron chi connectivity index (χ4n) is 1.84. The first-order valence-electron chi connectivity index (χ1n) is 7.15. The lowest BCUT2D eigenvalue weighted by molar-refractivity contribution is 0.0538. The van der Waals surface area contributed by atoms with Crippen molar-refractivity contribution in [3.63, 3.8) is 0 Å². The molecule has 134 valence electrons. The van der Waals surface area contributed by atoms with Gasteiger partial charge in [0, 0.05) is 35.3 Å². The Labute approximate surface area is 152 Å². The van der Waals surface area contributed by atoms with E-state index < -0.39 is 18.8 Å². The van der Waals surface area contributed by atoms with Crippen molar-refractivity contribution >= 4 is 34.4 Å². The number of carbonyl (C=O) groups excluding carboxylic acids is 1. The lowest BCUT2D eigenvalue weighted by atomic mass is 10.1. The number of allylic oxidation sites excluding steroid dienone is 3. The van der Waals surface area contributed by atoms with E-state index in [1.807, 2.05) is 6.07 Å². The Bertz CT molecular complexity index is 844. The monoisotopic (exact) mass is 413 g/mol. The molecule has 0 spiro atoms. The van der Waals surface area contributed by atoms with Crippen LogP contribution in [0, 0.1) is 11.3 Å². The first kappa shape index (κ1) is 20.6. The zero-order valence-corrected chi connectivity index (χ0v) is 15.7. The predicted molar refractivity (Wildman–Crippen MR) is 95.3 cm³/mol. The van der Waals surface area contributed by atoms with Gasteiger partial charge < -0.3 is 14.6 Å². The summed E-state index contributed by atoms with van der Waals surface area (Å²) in [6.45, 7) is 4.68. The Morgan fingerprint density at radius 2 is 2.20 bits per heavy atom. The number of ether oxygens (including phenoxy) is 1. The van der Waals surface area contributed by atoms with Crippen LogP contribution in [0.5, 0.6) is 0 Å². The number of carbonyl (C=O) groups is 1. The minimum absolute atomic E-state index is 0.0424. The first-order chi connectivity index (χ1) is 11.6. The Kier molecular flexibility index (Phi) is 7.58. The maximum Gasteiger partial charge on any atom is 0.272 e. The Morgan fingerprint density at radius 1 is 1.56 bits per heavy atom. The maximum absolute atomic E-state index is 12.4. The molecule has 25 heavy (non-hydrogen) atoms. The zero-order chi connectivity index (χ0) is 19.1. The minimum Gasteiger partial charge on any atom is -0.487 e. The van der Waals surface area contributed by atoms with Crippen molar-refractivity contribution in [3.05, 3.63) is 44.3 Å². The van der Waals surface area contributed by atoms with Crippen LogP contribution in [-0.2, 0) is 4.74 Å². The van der Waals surface area contributed by atoms with Crippen molar-refractivity contribution in [2.75, 3.05) is 20.7 Å². The van der Waals surface area contributed by atoms with Crippen LogP contribution < -0.4 is 10.6 Å². The van der Waals surface area contributed by atoms with E-state index in [1.54, 1.807) is 25.9 Å². The van der Waals surface area contributed by atoms with E-state index in [0.29, 0.717) is 15.1 Å². The van der Waals surface area contributed by atoms with E-state index in [0.717, 1.165) is 0 Å². The van der Waals surface area contributed by atoms with Crippen molar-refractivity contribution < 1.29 is 18.3 Å². The molecule has 1 rings (SSSR count). The van der Waals surface area contributed by atoms with E-state index in [1.165, 1.54) is 18.3 Å². The van der Waals surface area contributed by atoms with Gasteiger partial charge in [0.15, 0.2) is 0 Å². The fraction of sp³-hybridized carbons (Fsp3) is 0.294. The second kappa shape index (κ2) is 9.18. The molecule has 0 aliphatic rings. The molecule has 8 heteroatoms. The van der Waals surface area contributed by atoms with Crippen LogP contribution in [-0.4, -0.2) is 42.8 Å². The zero-order valence-electron chi connectivity index (χ0n) is 14.1. The summed E-state index contributed by atoms with van der Waals surface area (Å²) >= 11 is 3.19. The minimum atomic E-state index is -2.60. The average Bonchev–Trinajstić information content (AvgIpc) is 2.88. The van der Waals surface area contributed by atoms with E-state index in [2.05, 4.69) is 27.5 Å². The molecule has 0 unspecified atom stereocenters. The second-order valence-electron chi connectivity index (χ2n) is 5.31. The third kappa shape index (κ3) is 6.19. The van der Waals surface area contributed by atoms with Gasteiger partial charge in [-0.05, 0) is 19.1 Å². The van der Waals surface area contributed by atoms with Gasteiger partial charge in [-0.25, -0.2) is 8.78 Å². The number of rotatable bonds is 7. The quantitative estimate of drug-likeness (QED) is 0.322. The molecule has 0 saturated carbocycles. The number of aromatic nitrogens is 1. The third-order valence-electron chi connectivity index (χ3n) is 2.92. The molecular formula is C17H18BrF2N3O2. The van der Waals surface area contributed by atoms with Crippen molar-refractivity contribution in [2.45, 2.75) is 13.3 Å². The van der Waals surface area contributed by atoms with Gasteiger partial charge in [-0.3, -0.25) is 4.79 Å². The highest BCUT2D eigenvalue weighted by molar-refractivity contribution is 9.11. The van der Waals surface area contributed by atoms with E-state index in [4.69, 9.17) is 10.00 Å². The van der Waals surface area contributed by atoms with Crippen molar-refractivity contribution in [2.24, 2.45) is 0 Å². The summed E-state index contributed by atoms with van der Waals surface area (Å²) in [4.78, 5) is 16.8. The Balaban J connectivity index is 3.26. The third-order valence-corrected chi connectivity index (χ3v) is 3.31. The summed E-state index contributed by atoms with van der Waals surface area (Å²) in [5.74, 6) is -0.289. The number of nitriles is 1. The van der Waals surface area contributed by atoms with E-state index >= 15 is 0 Å². The highest BCUT2D eigenvalue weighted by Crippen LogP contribution is 2.14. The summed E-state index contributed by atoms with van der Waals surface area (Å²) in [7, 11) is 3.39. The summed E-state index contributed by atoms with van der Waals surface area (Å²) in [6.07, 6.45) is 0.297. The summed E-state index contributed by atoms with van der Waals surface area (Å²) in [5.41, 5.74) is 0.130. The number of nitrogens with one attached hydrogen (secondary N) is 1. The van der Waals surface area contributed by atoms with Gasteiger partial charge in [0.2, 0.25) is 5.78 Å². The highest BCUT2D eigenvalue weighted by Gasteiger charge is 2.14. The number of nitrogens with zero attached hydrogens (tertiary/aromatic N) is 2. The normalized spacial score (nSPS) is 13.5. The van der Waals surface area contributed by atoms with Crippen molar-refractivity contribution in [1.82, 2.24) is 9.88 Å². The van der Waals surface area contributed by atoms with Gasteiger partial charge in [0.05, 0.1) is 5.69 Å². The first-order valence-corrected chi connectivity index (χ1v) is 7.95. The molecule has 0 bridgehead atoms. The number of H-pyrrole nitrogens is 1. The highest BCUT2D eigenvalue weighted by atomic mass is 79.9. The number of hydrogen-bond donors (Lipinski definition) is 1. The van der Waals surface area contributed by atoms with Gasteiger partial charge in [-0.15, -0.1) is 0 Å². The van der Waals surface area contributed by atoms with Crippen LogP contribution in [0.1, 0.15) is 17.4 Å². The number of halogens is 3. The van der Waals surface area contributed by atoms with Gasteiger partial charge in [0.1, 0.15) is 24.0 Å². The van der Waals surface area contributed by atoms with Crippen LogP contribution in [0.3, 0.4) is 0 Å². The maximum atomic E-state index is 12.4. The lowest BCUT2D eigenvalue weighted by Crippen LogP contribution is -2.21. The number of hydrogen-bond acceptors (Lipinski definition) is 4. The molecule has 0 amide bonds. The molecule has 5 nitrogen and oxygen atoms in total. The number of ketones is 1. The molecule has 0 aliphatic heterocycles. The second-order valence-corrected chi connectivity index (χ2v) is 6.50. The number of aromatic amines is 1. The van der Waals surface area contributed by atoms with Crippen molar-refractivity contribution in [1.29, 1.82) is 5.26 Å². The molecule has 1 aromatic heterocycles. The summed E-state index contributed by atoms with van der Waals surface area (Å²) in [5, 5.41) is 10.0. The van der Waals surface area contributed by atoms with Gasteiger partial charge in [-0.2, -0.15) is 5.26 Å². The molecule has 0 radical (unpaired) electrons. The molecular weight excluding hydrogens is 396 g/mol. The standard InChI is InChI=1S/C17H18BrF2N3O2/c1-10(18)15(25-9-16(19)20)6-12-5-14(22-11(12)2)17(24)13(7-21)8-23(3)4/h5-6,8,16,22H,2,9H2,1,3-4H3/b12-6-,13-8+,15-10-. The van der Waals surface area contributed by atoms with E-state index in [-0.39, 0.29) is 17.0 Å². The molecule has 0 saturated heterocycles. The van der Waals surface area contributed by atoms with Gasteiger partial charge in [-0.1, -0.05) is 22.5 Å². The predicted octanol–water partition coefficient (Wildman–Crippen LogP) is 2.27. The van der Waals surface area contributed by atoms with Gasteiger partial charge in [0.25, 0.3) is 6.43 Å². The summed E-state index contributed by atoms with van der Waals surface area (Å²) < 4.78 is 30.2. The largest absolute Gasteiger partial charge is 0.487 e. The Hall–Kier alpha value is -2.40. The molecule has 1 heterocycles. The Morgan fingerprint density at radius 3 is 2.68 bits per heavy atom. The SMILES string of the molecule is C=c1[nH]c(C(=O)/C(C#N)=C/N(C)C)c/c1=C/C(OCC(F)F)=C(\C)Br. The van der Waals surface area contributed by atoms with Crippen molar-refractivity contribution in [3.8, 4) is 6.07 Å². The molecule has 1 aromatic rings. The van der Waals surface area contributed by atoms with Crippen LogP contribution in [0.25, 0.3) is 12.7 Å². The van der Waals surface area contributed by atoms with Crippen LogP contribution >= 0.6 is 15.9 Å². The summed E-state index contributed by atoms with van der Waals surface area (Å²) in [6, 6.07) is 3.34. The topological polar surface area (TPSA) is 69.1 Å². The smallest absolute Gasteiger partial charge is 0.272 e. The van der Waals surface area contributed by atoms with Crippen LogP contribution in [0.2, 0.25) is 0 Å². The van der Waals surface area contributed by atoms with Crippen LogP contribution in [0.4, 0.5) is 8.78 Å². The average molecular weight is 414 g/mol. The molecule has 0 aliphatic carbocycles. The molecule has 1 N–H and O–H groups in total. The van der Waals surface area contributed by atoms with Gasteiger partial charge >= 0.3 is 0 Å². The molecule has 0 aromatic carbocycles. The fourth-order valence-corrected chi connectivity index (χ4v) is 2.07. The lowest BCUT2D eigenvalue weighted by Gasteiger charge is -2.06. The molecule has 0 atom stereocenters. The van der Waals surface area contributed by atoms with E-state index in [9.17, 15) is 13.6 Å². The number of Topliss-reactive ketones (excluding diaryl/α,β-unsaturated/α-hetero) is 1.